The summed E-state index contributed by atoms with van der Waals surface area (Å²) in [5, 5.41) is 10.7. The Balaban J connectivity index is 1.58. The molecule has 0 bridgehead atoms. The van der Waals surface area contributed by atoms with Crippen LogP contribution in [0, 0.1) is 5.92 Å². The highest BCUT2D eigenvalue weighted by molar-refractivity contribution is 5.92. The van der Waals surface area contributed by atoms with Crippen molar-refractivity contribution in [2.45, 2.75) is 32.4 Å². The molecule has 2 atom stereocenters. The molecule has 1 fully saturated rings. The van der Waals surface area contributed by atoms with Crippen molar-refractivity contribution < 1.29 is 4.79 Å². The van der Waals surface area contributed by atoms with E-state index in [0.29, 0.717) is 12.6 Å². The second-order valence-electron chi connectivity index (χ2n) is 5.98. The largest absolute Gasteiger partial charge is 0.323 e. The van der Waals surface area contributed by atoms with Crippen LogP contribution in [0.1, 0.15) is 25.3 Å². The SMILES string of the molecule is C[C@H]1C[C@@H](C(=O)Nc2cnn(Cc3ccccc3)c2)CCN1. The lowest BCUT2D eigenvalue weighted by molar-refractivity contribution is -0.120. The van der Waals surface area contributed by atoms with E-state index in [2.05, 4.69) is 34.8 Å². The van der Waals surface area contributed by atoms with E-state index in [4.69, 9.17) is 0 Å². The Morgan fingerprint density at radius 3 is 3.00 bits per heavy atom. The number of hydrogen-bond donors (Lipinski definition) is 2. The Morgan fingerprint density at radius 2 is 2.23 bits per heavy atom. The van der Waals surface area contributed by atoms with Crippen LogP contribution >= 0.6 is 0 Å². The van der Waals surface area contributed by atoms with Crippen molar-refractivity contribution in [1.82, 2.24) is 15.1 Å². The molecule has 0 aliphatic carbocycles. The Morgan fingerprint density at radius 1 is 1.41 bits per heavy atom. The van der Waals surface area contributed by atoms with Gasteiger partial charge in [0.25, 0.3) is 0 Å². The summed E-state index contributed by atoms with van der Waals surface area (Å²) >= 11 is 0. The van der Waals surface area contributed by atoms with Crippen LogP contribution in [-0.2, 0) is 11.3 Å². The van der Waals surface area contributed by atoms with Gasteiger partial charge in [0.2, 0.25) is 5.91 Å². The highest BCUT2D eigenvalue weighted by Gasteiger charge is 2.24. The Hall–Kier alpha value is -2.14. The number of aromatic nitrogens is 2. The second kappa shape index (κ2) is 6.75. The number of nitrogens with one attached hydrogen (secondary N) is 2. The first-order valence-electron chi connectivity index (χ1n) is 7.81. The number of benzene rings is 1. The Kier molecular flexibility index (Phi) is 4.53. The van der Waals surface area contributed by atoms with Crippen LogP contribution in [-0.4, -0.2) is 28.3 Å². The number of carbonyl (C=O) groups excluding carboxylic acids is 1. The fraction of sp³-hybridized carbons (Fsp3) is 0.412. The quantitative estimate of drug-likeness (QED) is 0.910. The fourth-order valence-corrected chi connectivity index (χ4v) is 2.90. The van der Waals surface area contributed by atoms with E-state index in [1.807, 2.05) is 29.1 Å². The van der Waals surface area contributed by atoms with E-state index in [9.17, 15) is 4.79 Å². The maximum atomic E-state index is 12.3. The van der Waals surface area contributed by atoms with Gasteiger partial charge in [-0.2, -0.15) is 5.10 Å². The third-order valence-corrected chi connectivity index (χ3v) is 4.08. The summed E-state index contributed by atoms with van der Waals surface area (Å²) < 4.78 is 1.84. The third-order valence-electron chi connectivity index (χ3n) is 4.08. The van der Waals surface area contributed by atoms with E-state index in [1.165, 1.54) is 5.56 Å². The van der Waals surface area contributed by atoms with E-state index >= 15 is 0 Å². The van der Waals surface area contributed by atoms with Gasteiger partial charge < -0.3 is 10.6 Å². The van der Waals surface area contributed by atoms with Gasteiger partial charge in [-0.15, -0.1) is 0 Å². The third kappa shape index (κ3) is 3.74. The predicted octanol–water partition coefficient (Wildman–Crippen LogP) is 2.26. The molecule has 3 rings (SSSR count). The minimum absolute atomic E-state index is 0.0914. The smallest absolute Gasteiger partial charge is 0.227 e. The molecular weight excluding hydrogens is 276 g/mol. The van der Waals surface area contributed by atoms with E-state index in [1.54, 1.807) is 6.20 Å². The zero-order valence-corrected chi connectivity index (χ0v) is 12.8. The van der Waals surface area contributed by atoms with Crippen LogP contribution in [0.15, 0.2) is 42.7 Å². The van der Waals surface area contributed by atoms with Gasteiger partial charge in [-0.1, -0.05) is 30.3 Å². The van der Waals surface area contributed by atoms with Crippen molar-refractivity contribution in [2.75, 3.05) is 11.9 Å². The van der Waals surface area contributed by atoms with Gasteiger partial charge in [-0.3, -0.25) is 9.48 Å². The van der Waals surface area contributed by atoms with Crippen LogP contribution in [0.4, 0.5) is 5.69 Å². The van der Waals surface area contributed by atoms with Gasteiger partial charge in [0.15, 0.2) is 0 Å². The number of anilines is 1. The number of rotatable bonds is 4. The molecule has 2 aromatic rings. The summed E-state index contributed by atoms with van der Waals surface area (Å²) in [5.41, 5.74) is 1.96. The van der Waals surface area contributed by atoms with Crippen LogP contribution < -0.4 is 10.6 Å². The molecule has 0 radical (unpaired) electrons. The van der Waals surface area contributed by atoms with Crippen molar-refractivity contribution >= 4 is 11.6 Å². The molecule has 0 saturated carbocycles. The first kappa shape index (κ1) is 14.8. The highest BCUT2D eigenvalue weighted by Crippen LogP contribution is 2.18. The van der Waals surface area contributed by atoms with Gasteiger partial charge >= 0.3 is 0 Å². The summed E-state index contributed by atoms with van der Waals surface area (Å²) in [6, 6.07) is 10.6. The first-order chi connectivity index (χ1) is 10.7. The molecule has 1 aromatic heterocycles. The van der Waals surface area contributed by atoms with Gasteiger partial charge in [0.05, 0.1) is 18.4 Å². The molecule has 5 nitrogen and oxygen atoms in total. The summed E-state index contributed by atoms with van der Waals surface area (Å²) in [6.45, 7) is 3.74. The average Bonchev–Trinajstić information content (AvgIpc) is 2.95. The topological polar surface area (TPSA) is 59.0 Å². The molecule has 1 aliphatic heterocycles. The van der Waals surface area contributed by atoms with Crippen LogP contribution in [0.5, 0.6) is 0 Å². The molecule has 2 heterocycles. The van der Waals surface area contributed by atoms with Gasteiger partial charge in [0.1, 0.15) is 0 Å². The molecule has 22 heavy (non-hydrogen) atoms. The minimum Gasteiger partial charge on any atom is -0.323 e. The highest BCUT2D eigenvalue weighted by atomic mass is 16.1. The standard InChI is InChI=1S/C17H22N4O/c1-13-9-15(7-8-18-13)17(22)20-16-10-19-21(12-16)11-14-5-3-2-4-6-14/h2-6,10,12-13,15,18H,7-9,11H2,1H3,(H,20,22)/t13-,15-/m0/s1. The maximum Gasteiger partial charge on any atom is 0.227 e. The molecule has 2 N–H and O–H groups in total. The van der Waals surface area contributed by atoms with Crippen molar-refractivity contribution in [3.8, 4) is 0 Å². The molecule has 116 valence electrons. The molecule has 0 unspecified atom stereocenters. The average molecular weight is 298 g/mol. The molecule has 1 amide bonds. The van der Waals surface area contributed by atoms with Crippen LogP contribution in [0.3, 0.4) is 0 Å². The molecule has 1 saturated heterocycles. The fourth-order valence-electron chi connectivity index (χ4n) is 2.90. The maximum absolute atomic E-state index is 12.3. The Labute approximate surface area is 130 Å². The Bertz CT molecular complexity index is 623. The van der Waals surface area contributed by atoms with E-state index < -0.39 is 0 Å². The molecule has 1 aromatic carbocycles. The van der Waals surface area contributed by atoms with Crippen molar-refractivity contribution in [3.63, 3.8) is 0 Å². The predicted molar refractivity (Wildman–Crippen MR) is 86.6 cm³/mol. The van der Waals surface area contributed by atoms with E-state index in [0.717, 1.165) is 25.1 Å². The van der Waals surface area contributed by atoms with Gasteiger partial charge in [0, 0.05) is 18.2 Å². The second-order valence-corrected chi connectivity index (χ2v) is 5.98. The first-order valence-corrected chi connectivity index (χ1v) is 7.81. The summed E-state index contributed by atoms with van der Waals surface area (Å²) in [5.74, 6) is 0.196. The van der Waals surface area contributed by atoms with Crippen molar-refractivity contribution in [1.29, 1.82) is 0 Å². The number of hydrogen-bond acceptors (Lipinski definition) is 3. The zero-order valence-electron chi connectivity index (χ0n) is 12.8. The number of nitrogens with zero attached hydrogens (tertiary/aromatic N) is 2. The molecule has 0 spiro atoms. The monoisotopic (exact) mass is 298 g/mol. The van der Waals surface area contributed by atoms with E-state index in [-0.39, 0.29) is 11.8 Å². The molecular formula is C17H22N4O. The normalized spacial score (nSPS) is 21.5. The summed E-state index contributed by atoms with van der Waals surface area (Å²) in [6.07, 6.45) is 5.39. The summed E-state index contributed by atoms with van der Waals surface area (Å²) in [7, 11) is 0. The molecule has 1 aliphatic rings. The lowest BCUT2D eigenvalue weighted by atomic mass is 9.92. The van der Waals surface area contributed by atoms with Crippen molar-refractivity contribution in [2.24, 2.45) is 5.92 Å². The van der Waals surface area contributed by atoms with Crippen molar-refractivity contribution in [3.05, 3.63) is 48.3 Å². The zero-order chi connectivity index (χ0) is 15.4. The number of amides is 1. The number of carbonyl (C=O) groups is 1. The van der Waals surface area contributed by atoms with Gasteiger partial charge in [-0.25, -0.2) is 0 Å². The lowest BCUT2D eigenvalue weighted by Gasteiger charge is -2.26. The minimum atomic E-state index is 0.0914. The summed E-state index contributed by atoms with van der Waals surface area (Å²) in [4.78, 5) is 12.3. The lowest BCUT2D eigenvalue weighted by Crippen LogP contribution is -2.40. The van der Waals surface area contributed by atoms with Crippen LogP contribution in [0.2, 0.25) is 0 Å². The van der Waals surface area contributed by atoms with Crippen LogP contribution in [0.25, 0.3) is 0 Å². The number of piperidine rings is 1. The molecule has 5 heteroatoms. The van der Waals surface area contributed by atoms with Gasteiger partial charge in [-0.05, 0) is 31.9 Å².